The summed E-state index contributed by atoms with van der Waals surface area (Å²) in [6.07, 6.45) is 0. The number of carbonyl (C=O) groups excluding carboxylic acids is 2. The average Bonchev–Trinajstić information content (AvgIpc) is 2.96. The summed E-state index contributed by atoms with van der Waals surface area (Å²) in [5.74, 6) is 1.86. The van der Waals surface area contributed by atoms with Crippen molar-refractivity contribution in [1.82, 2.24) is 14.8 Å². The smallest absolute Gasteiger partial charge is 0.254 e. The SMILES string of the molecule is COc1cc(C(=O)N2CCN(C(C)C)CC2)ccc1Nc1ccc2c(n1)N(c1ccccc1)[C@H](C)C(=O)N2C. The first kappa shape index (κ1) is 26.5. The second-order valence-electron chi connectivity index (χ2n) is 10.3. The lowest BCUT2D eigenvalue weighted by Crippen LogP contribution is -2.50. The van der Waals surface area contributed by atoms with E-state index < -0.39 is 6.04 Å². The second-order valence-corrected chi connectivity index (χ2v) is 10.3. The van der Waals surface area contributed by atoms with Crippen LogP contribution >= 0.6 is 0 Å². The molecule has 5 rings (SSSR count). The minimum atomic E-state index is -0.408. The number of amides is 2. The first-order chi connectivity index (χ1) is 18.8. The van der Waals surface area contributed by atoms with Crippen molar-refractivity contribution in [2.24, 2.45) is 0 Å². The van der Waals surface area contributed by atoms with E-state index in [4.69, 9.17) is 9.72 Å². The molecule has 1 N–H and O–H groups in total. The Labute approximate surface area is 230 Å². The summed E-state index contributed by atoms with van der Waals surface area (Å²) in [6, 6.07) is 19.1. The van der Waals surface area contributed by atoms with Gasteiger partial charge in [-0.3, -0.25) is 14.5 Å². The summed E-state index contributed by atoms with van der Waals surface area (Å²) in [6.45, 7) is 9.44. The first-order valence-corrected chi connectivity index (χ1v) is 13.4. The summed E-state index contributed by atoms with van der Waals surface area (Å²) in [4.78, 5) is 39.0. The van der Waals surface area contributed by atoms with Gasteiger partial charge in [-0.25, -0.2) is 4.98 Å². The molecule has 0 aliphatic carbocycles. The van der Waals surface area contributed by atoms with E-state index in [1.807, 2.05) is 71.3 Å². The van der Waals surface area contributed by atoms with Crippen molar-refractivity contribution in [2.45, 2.75) is 32.9 Å². The van der Waals surface area contributed by atoms with E-state index >= 15 is 0 Å². The van der Waals surface area contributed by atoms with Crippen LogP contribution in [0.4, 0.5) is 28.7 Å². The van der Waals surface area contributed by atoms with Crippen LogP contribution < -0.4 is 19.9 Å². The van der Waals surface area contributed by atoms with Crippen molar-refractivity contribution in [3.8, 4) is 5.75 Å². The van der Waals surface area contributed by atoms with Gasteiger partial charge in [0.05, 0.1) is 18.5 Å². The zero-order valence-corrected chi connectivity index (χ0v) is 23.2. The van der Waals surface area contributed by atoms with Gasteiger partial charge in [-0.05, 0) is 63.2 Å². The number of nitrogens with zero attached hydrogens (tertiary/aromatic N) is 5. The number of nitrogens with one attached hydrogen (secondary N) is 1. The molecule has 204 valence electrons. The lowest BCUT2D eigenvalue weighted by Gasteiger charge is -2.39. The molecule has 9 heteroatoms. The molecule has 39 heavy (non-hydrogen) atoms. The molecule has 9 nitrogen and oxygen atoms in total. The fourth-order valence-electron chi connectivity index (χ4n) is 5.27. The zero-order chi connectivity index (χ0) is 27.7. The highest BCUT2D eigenvalue weighted by molar-refractivity contribution is 6.06. The van der Waals surface area contributed by atoms with Gasteiger partial charge in [-0.2, -0.15) is 0 Å². The van der Waals surface area contributed by atoms with E-state index in [2.05, 4.69) is 24.1 Å². The Morgan fingerprint density at radius 1 is 1.03 bits per heavy atom. The monoisotopic (exact) mass is 528 g/mol. The van der Waals surface area contributed by atoms with Crippen LogP contribution in [0.5, 0.6) is 5.75 Å². The topological polar surface area (TPSA) is 81.2 Å². The number of aromatic nitrogens is 1. The lowest BCUT2D eigenvalue weighted by atomic mass is 10.1. The quantitative estimate of drug-likeness (QED) is 0.504. The predicted molar refractivity (Wildman–Crippen MR) is 155 cm³/mol. The predicted octanol–water partition coefficient (Wildman–Crippen LogP) is 4.50. The summed E-state index contributed by atoms with van der Waals surface area (Å²) in [5, 5.41) is 3.35. The fraction of sp³-hybridized carbons (Fsp3) is 0.367. The van der Waals surface area contributed by atoms with Crippen molar-refractivity contribution in [3.63, 3.8) is 0 Å². The normalized spacial score (nSPS) is 17.8. The Hall–Kier alpha value is -4.11. The number of ether oxygens (including phenoxy) is 1. The Bertz CT molecular complexity index is 1350. The number of fused-ring (bicyclic) bond motifs is 1. The number of likely N-dealkylation sites (N-methyl/N-ethyl adjacent to an activating group) is 1. The number of hydrogen-bond acceptors (Lipinski definition) is 7. The Morgan fingerprint density at radius 2 is 1.74 bits per heavy atom. The molecule has 2 aliphatic rings. The highest BCUT2D eigenvalue weighted by Crippen LogP contribution is 2.40. The molecule has 1 saturated heterocycles. The van der Waals surface area contributed by atoms with E-state index in [1.165, 1.54) is 0 Å². The highest BCUT2D eigenvalue weighted by Gasteiger charge is 2.36. The number of para-hydroxylation sites is 1. The van der Waals surface area contributed by atoms with Crippen LogP contribution in [0.15, 0.2) is 60.7 Å². The van der Waals surface area contributed by atoms with E-state index in [-0.39, 0.29) is 11.8 Å². The van der Waals surface area contributed by atoms with Crippen LogP contribution in [0.3, 0.4) is 0 Å². The number of rotatable bonds is 6. The van der Waals surface area contributed by atoms with Gasteiger partial charge in [0.1, 0.15) is 17.6 Å². The molecule has 0 bridgehead atoms. The van der Waals surface area contributed by atoms with Gasteiger partial charge >= 0.3 is 0 Å². The van der Waals surface area contributed by atoms with Gasteiger partial charge in [-0.15, -0.1) is 0 Å². The molecule has 1 aromatic heterocycles. The van der Waals surface area contributed by atoms with Crippen molar-refractivity contribution in [2.75, 3.05) is 55.5 Å². The van der Waals surface area contributed by atoms with Gasteiger partial charge in [0, 0.05) is 50.5 Å². The molecular formula is C30H36N6O3. The molecule has 1 atom stereocenters. The number of methoxy groups -OCH3 is 1. The first-order valence-electron chi connectivity index (χ1n) is 13.4. The largest absolute Gasteiger partial charge is 0.495 e. The van der Waals surface area contributed by atoms with Gasteiger partial charge in [0.2, 0.25) is 5.91 Å². The maximum atomic E-state index is 13.2. The molecule has 2 amide bonds. The highest BCUT2D eigenvalue weighted by atomic mass is 16.5. The number of anilines is 5. The number of piperazine rings is 1. The molecular weight excluding hydrogens is 492 g/mol. The third kappa shape index (κ3) is 5.14. The number of benzene rings is 2. The summed E-state index contributed by atoms with van der Waals surface area (Å²) >= 11 is 0. The van der Waals surface area contributed by atoms with Crippen LogP contribution in [0.1, 0.15) is 31.1 Å². The second kappa shape index (κ2) is 10.9. The average molecular weight is 529 g/mol. The lowest BCUT2D eigenvalue weighted by molar-refractivity contribution is -0.119. The van der Waals surface area contributed by atoms with Gasteiger partial charge in [0.15, 0.2) is 5.82 Å². The Balaban J connectivity index is 1.40. The van der Waals surface area contributed by atoms with Crippen molar-refractivity contribution in [3.05, 3.63) is 66.2 Å². The molecule has 2 aromatic carbocycles. The van der Waals surface area contributed by atoms with Crippen molar-refractivity contribution >= 4 is 40.5 Å². The van der Waals surface area contributed by atoms with Crippen molar-refractivity contribution < 1.29 is 14.3 Å². The number of hydrogen-bond donors (Lipinski definition) is 1. The molecule has 0 radical (unpaired) electrons. The van der Waals surface area contributed by atoms with E-state index in [9.17, 15) is 9.59 Å². The Kier molecular flexibility index (Phi) is 7.43. The third-order valence-corrected chi connectivity index (χ3v) is 7.60. The van der Waals surface area contributed by atoms with Gasteiger partial charge in [-0.1, -0.05) is 18.2 Å². The number of carbonyl (C=O) groups is 2. The Morgan fingerprint density at radius 3 is 2.41 bits per heavy atom. The number of pyridine rings is 1. The van der Waals surface area contributed by atoms with Gasteiger partial charge < -0.3 is 24.8 Å². The summed E-state index contributed by atoms with van der Waals surface area (Å²) in [7, 11) is 3.37. The maximum Gasteiger partial charge on any atom is 0.254 e. The molecule has 0 unspecified atom stereocenters. The van der Waals surface area contributed by atoms with Crippen LogP contribution in [-0.2, 0) is 4.79 Å². The summed E-state index contributed by atoms with van der Waals surface area (Å²) < 4.78 is 5.66. The minimum Gasteiger partial charge on any atom is -0.495 e. The molecule has 1 fully saturated rings. The molecule has 3 heterocycles. The standard InChI is InChI=1S/C30H36N6O3/c1-20(2)34-15-17-35(18-16-34)30(38)22-11-12-24(26(19-22)39-5)31-27-14-13-25-28(32-27)36(21(3)29(37)33(25)4)23-9-7-6-8-10-23/h6-14,19-21H,15-18H2,1-5H3,(H,31,32)/t21-/m1/s1. The molecule has 3 aromatic rings. The zero-order valence-electron chi connectivity index (χ0n) is 23.2. The molecule has 0 spiro atoms. The minimum absolute atomic E-state index is 0.00130. The molecule has 2 aliphatic heterocycles. The van der Waals surface area contributed by atoms with E-state index in [0.29, 0.717) is 47.8 Å². The fourth-order valence-corrected chi connectivity index (χ4v) is 5.27. The van der Waals surface area contributed by atoms with Crippen LogP contribution in [0.2, 0.25) is 0 Å². The van der Waals surface area contributed by atoms with Crippen molar-refractivity contribution in [1.29, 1.82) is 0 Å². The molecule has 0 saturated carbocycles. The van der Waals surface area contributed by atoms with E-state index in [1.54, 1.807) is 25.1 Å². The van der Waals surface area contributed by atoms with Crippen LogP contribution in [-0.4, -0.2) is 79.0 Å². The van der Waals surface area contributed by atoms with Crippen LogP contribution in [0.25, 0.3) is 0 Å². The van der Waals surface area contributed by atoms with Gasteiger partial charge in [0.25, 0.3) is 5.91 Å². The summed E-state index contributed by atoms with van der Waals surface area (Å²) in [5.41, 5.74) is 2.92. The van der Waals surface area contributed by atoms with E-state index in [0.717, 1.165) is 24.5 Å². The third-order valence-electron chi connectivity index (χ3n) is 7.60. The van der Waals surface area contributed by atoms with Crippen LogP contribution in [0, 0.1) is 0 Å². The maximum absolute atomic E-state index is 13.2.